The summed E-state index contributed by atoms with van der Waals surface area (Å²) >= 11 is 0. The van der Waals surface area contributed by atoms with Gasteiger partial charge in [0.25, 0.3) is 5.56 Å². The average molecular weight is 366 g/mol. The number of H-pyrrole nitrogens is 1. The zero-order chi connectivity index (χ0) is 19.0. The molecule has 0 amide bonds. The van der Waals surface area contributed by atoms with E-state index in [1.807, 2.05) is 13.0 Å². The number of aromatic amines is 1. The summed E-state index contributed by atoms with van der Waals surface area (Å²) in [4.78, 5) is 17.8. The first-order valence-electron chi connectivity index (χ1n) is 9.49. The molecule has 0 saturated carbocycles. The fourth-order valence-electron chi connectivity index (χ4n) is 3.99. The average Bonchev–Trinajstić information content (AvgIpc) is 2.96. The van der Waals surface area contributed by atoms with Crippen molar-refractivity contribution in [1.29, 1.82) is 0 Å². The molecule has 0 bridgehead atoms. The number of hydrogen-bond acceptors (Lipinski definition) is 4. The van der Waals surface area contributed by atoms with Crippen molar-refractivity contribution in [2.75, 3.05) is 13.1 Å². The van der Waals surface area contributed by atoms with Gasteiger partial charge >= 0.3 is 0 Å². The van der Waals surface area contributed by atoms with Gasteiger partial charge in [0.2, 0.25) is 0 Å². The zero-order valence-corrected chi connectivity index (χ0v) is 15.9. The summed E-state index contributed by atoms with van der Waals surface area (Å²) in [5.74, 6) is 0. The van der Waals surface area contributed by atoms with Crippen molar-refractivity contribution in [3.8, 4) is 0 Å². The monoisotopic (exact) mass is 366 g/mol. The Balaban J connectivity index is 1.44. The van der Waals surface area contributed by atoms with Crippen LogP contribution in [0.1, 0.15) is 29.8 Å². The van der Waals surface area contributed by atoms with Gasteiger partial charge in [-0.3, -0.25) is 9.69 Å². The molecule has 0 spiro atoms. The number of aryl methyl sites for hydroxylation is 2. The summed E-state index contributed by atoms with van der Waals surface area (Å²) in [7, 11) is 0. The van der Waals surface area contributed by atoms with E-state index >= 15 is 0 Å². The minimum Gasteiger partial charge on any atom is -0.388 e. The molecular weight excluding hydrogens is 340 g/mol. The molecule has 0 aliphatic carbocycles. The van der Waals surface area contributed by atoms with E-state index in [1.165, 1.54) is 32.9 Å². The summed E-state index contributed by atoms with van der Waals surface area (Å²) in [6.07, 6.45) is 1.27. The van der Waals surface area contributed by atoms with E-state index in [4.69, 9.17) is 0 Å². The number of hydrogen-bond donors (Lipinski definition) is 2. The number of rotatable bonds is 4. The van der Waals surface area contributed by atoms with Crippen molar-refractivity contribution >= 4 is 10.9 Å². The topological polar surface area (TPSA) is 74.2 Å². The lowest BCUT2D eigenvalue weighted by Gasteiger charge is -2.38. The van der Waals surface area contributed by atoms with Crippen LogP contribution in [0.2, 0.25) is 0 Å². The van der Waals surface area contributed by atoms with Gasteiger partial charge in [-0.15, -0.1) is 0 Å². The van der Waals surface area contributed by atoms with Gasteiger partial charge in [0.15, 0.2) is 0 Å². The molecule has 0 atom stereocenters. The van der Waals surface area contributed by atoms with E-state index in [0.717, 1.165) is 25.3 Å². The molecule has 27 heavy (non-hydrogen) atoms. The molecule has 1 fully saturated rings. The summed E-state index contributed by atoms with van der Waals surface area (Å²) < 4.78 is 1.40. The van der Waals surface area contributed by atoms with Gasteiger partial charge in [-0.05, 0) is 44.4 Å². The highest BCUT2D eigenvalue weighted by molar-refractivity contribution is 5.84. The second-order valence-corrected chi connectivity index (χ2v) is 7.75. The highest BCUT2D eigenvalue weighted by Crippen LogP contribution is 2.28. The fraction of sp³-hybridized carbons (Fsp3) is 0.429. The fourth-order valence-corrected chi connectivity index (χ4v) is 3.99. The maximum atomic E-state index is 12.0. The van der Waals surface area contributed by atoms with Gasteiger partial charge in [-0.1, -0.05) is 18.2 Å². The highest BCUT2D eigenvalue weighted by atomic mass is 16.3. The van der Waals surface area contributed by atoms with Crippen LogP contribution in [0.5, 0.6) is 0 Å². The summed E-state index contributed by atoms with van der Waals surface area (Å²) in [6, 6.07) is 11.6. The van der Waals surface area contributed by atoms with Crippen molar-refractivity contribution in [3.63, 3.8) is 0 Å². The number of nitrogens with one attached hydrogen (secondary N) is 1. The zero-order valence-electron chi connectivity index (χ0n) is 15.9. The third-order valence-corrected chi connectivity index (χ3v) is 5.64. The van der Waals surface area contributed by atoms with Crippen molar-refractivity contribution in [2.24, 2.45) is 0 Å². The third kappa shape index (κ3) is 3.68. The standard InChI is InChI=1S/C21H26N4O2/c1-15-7-8-20(26)25(23-15)14-21(27)9-11-24(12-10-21)13-18-16(2)22-19-6-4-3-5-17(18)19/h3-8,22,27H,9-14H2,1-2H3. The van der Waals surface area contributed by atoms with Crippen molar-refractivity contribution in [3.05, 3.63) is 63.7 Å². The van der Waals surface area contributed by atoms with E-state index in [2.05, 4.69) is 40.1 Å². The second kappa shape index (κ2) is 6.94. The lowest BCUT2D eigenvalue weighted by atomic mass is 9.91. The number of likely N-dealkylation sites (tertiary alicyclic amines) is 1. The minimum atomic E-state index is -0.879. The number of para-hydroxylation sites is 1. The van der Waals surface area contributed by atoms with E-state index in [0.29, 0.717) is 12.8 Å². The van der Waals surface area contributed by atoms with E-state index < -0.39 is 5.60 Å². The number of aromatic nitrogens is 3. The summed E-state index contributed by atoms with van der Waals surface area (Å²) in [6.45, 7) is 6.70. The lowest BCUT2D eigenvalue weighted by molar-refractivity contribution is -0.0390. The van der Waals surface area contributed by atoms with Crippen LogP contribution in [0.25, 0.3) is 10.9 Å². The maximum absolute atomic E-state index is 12.0. The van der Waals surface area contributed by atoms with Gasteiger partial charge in [-0.25, -0.2) is 4.68 Å². The SMILES string of the molecule is Cc1ccc(=O)n(CC2(O)CCN(Cc3c(C)[nH]c4ccccc34)CC2)n1. The maximum Gasteiger partial charge on any atom is 0.266 e. The molecule has 142 valence electrons. The molecule has 2 N–H and O–H groups in total. The van der Waals surface area contributed by atoms with Gasteiger partial charge in [-0.2, -0.15) is 5.10 Å². The molecule has 0 radical (unpaired) electrons. The minimum absolute atomic E-state index is 0.161. The van der Waals surface area contributed by atoms with Gasteiger partial charge in [0, 0.05) is 42.3 Å². The largest absolute Gasteiger partial charge is 0.388 e. The van der Waals surface area contributed by atoms with Gasteiger partial charge in [0.1, 0.15) is 0 Å². The predicted octanol–water partition coefficient (Wildman–Crippen LogP) is 2.37. The first kappa shape index (κ1) is 17.9. The van der Waals surface area contributed by atoms with Crippen LogP contribution in [0, 0.1) is 13.8 Å². The number of piperidine rings is 1. The van der Waals surface area contributed by atoms with Crippen LogP contribution in [0.3, 0.4) is 0 Å². The predicted molar refractivity (Wildman–Crippen MR) is 106 cm³/mol. The smallest absolute Gasteiger partial charge is 0.266 e. The molecule has 1 saturated heterocycles. The van der Waals surface area contributed by atoms with Crippen LogP contribution >= 0.6 is 0 Å². The molecule has 6 nitrogen and oxygen atoms in total. The van der Waals surface area contributed by atoms with Crippen molar-refractivity contribution in [1.82, 2.24) is 19.7 Å². The number of nitrogens with zero attached hydrogens (tertiary/aromatic N) is 3. The van der Waals surface area contributed by atoms with Gasteiger partial charge in [0.05, 0.1) is 17.8 Å². The molecule has 1 aliphatic rings. The molecule has 1 aromatic carbocycles. The van der Waals surface area contributed by atoms with Crippen molar-refractivity contribution < 1.29 is 5.11 Å². The third-order valence-electron chi connectivity index (χ3n) is 5.64. The Hall–Kier alpha value is -2.44. The van der Waals surface area contributed by atoms with Crippen LogP contribution in [0.4, 0.5) is 0 Å². The number of benzene rings is 1. The second-order valence-electron chi connectivity index (χ2n) is 7.75. The Kier molecular flexibility index (Phi) is 4.61. The first-order valence-corrected chi connectivity index (χ1v) is 9.49. The van der Waals surface area contributed by atoms with Gasteiger partial charge < -0.3 is 10.1 Å². The Morgan fingerprint density at radius 1 is 1.15 bits per heavy atom. The molecule has 4 rings (SSSR count). The van der Waals surface area contributed by atoms with Crippen molar-refractivity contribution in [2.45, 2.75) is 45.4 Å². The number of aliphatic hydroxyl groups is 1. The first-order chi connectivity index (χ1) is 12.9. The molecule has 1 aliphatic heterocycles. The Labute approximate surface area is 158 Å². The molecule has 3 heterocycles. The summed E-state index contributed by atoms with van der Waals surface area (Å²) in [5.41, 5.74) is 3.44. The molecule has 2 aromatic heterocycles. The van der Waals surface area contributed by atoms with E-state index in [1.54, 1.807) is 6.07 Å². The number of fused-ring (bicyclic) bond motifs is 1. The van der Waals surface area contributed by atoms with Crippen LogP contribution in [-0.2, 0) is 13.1 Å². The Bertz CT molecular complexity index is 1010. The summed E-state index contributed by atoms with van der Waals surface area (Å²) in [5, 5.41) is 16.5. The quantitative estimate of drug-likeness (QED) is 0.743. The van der Waals surface area contributed by atoms with E-state index in [9.17, 15) is 9.90 Å². The van der Waals surface area contributed by atoms with Crippen LogP contribution < -0.4 is 5.56 Å². The highest BCUT2D eigenvalue weighted by Gasteiger charge is 2.33. The van der Waals surface area contributed by atoms with Crippen LogP contribution in [-0.4, -0.2) is 43.5 Å². The normalized spacial score (nSPS) is 17.4. The Morgan fingerprint density at radius 2 is 1.89 bits per heavy atom. The van der Waals surface area contributed by atoms with Crippen LogP contribution in [0.15, 0.2) is 41.2 Å². The molecular formula is C21H26N4O2. The molecule has 3 aromatic rings. The lowest BCUT2D eigenvalue weighted by Crippen LogP contribution is -2.48. The Morgan fingerprint density at radius 3 is 2.67 bits per heavy atom. The molecule has 0 unspecified atom stereocenters. The molecule has 6 heteroatoms. The van der Waals surface area contributed by atoms with E-state index in [-0.39, 0.29) is 12.1 Å².